The van der Waals surface area contributed by atoms with Crippen LogP contribution in [0.4, 0.5) is 14.1 Å². The van der Waals surface area contributed by atoms with Crippen LogP contribution in [0.5, 0.6) is 0 Å². The second-order valence-corrected chi connectivity index (χ2v) is 6.53. The highest BCUT2D eigenvalue weighted by Gasteiger charge is 2.39. The molecule has 9 heteroatoms. The predicted molar refractivity (Wildman–Crippen MR) is 67.7 cm³/mol. The summed E-state index contributed by atoms with van der Waals surface area (Å²) < 4.78 is 47.8. The van der Waals surface area contributed by atoms with Gasteiger partial charge >= 0.3 is 10.2 Å². The van der Waals surface area contributed by atoms with E-state index in [-0.39, 0.29) is 15.9 Å². The first-order valence-corrected chi connectivity index (χ1v) is 7.37. The zero-order valence-electron chi connectivity index (χ0n) is 8.81. The molecular weight excluding hydrogens is 381 g/mol. The van der Waals surface area contributed by atoms with Gasteiger partial charge in [0.15, 0.2) is 0 Å². The smallest absolute Gasteiger partial charge is 0.295 e. The van der Waals surface area contributed by atoms with Crippen molar-refractivity contribution in [3.05, 3.63) is 21.7 Å². The monoisotopic (exact) mass is 388 g/mol. The molecule has 5 nitrogen and oxygen atoms in total. The first kappa shape index (κ1) is 13.6. The van der Waals surface area contributed by atoms with E-state index in [1.807, 2.05) is 0 Å². The van der Waals surface area contributed by atoms with Crippen LogP contribution in [0, 0.1) is 9.52 Å². The molecule has 98 valence electrons. The maximum absolute atomic E-state index is 13.2. The van der Waals surface area contributed by atoms with Crippen LogP contribution in [0.3, 0.4) is 0 Å². The van der Waals surface area contributed by atoms with Crippen molar-refractivity contribution < 1.29 is 21.5 Å². The fourth-order valence-corrected chi connectivity index (χ4v) is 2.61. The van der Waals surface area contributed by atoms with Gasteiger partial charge in [-0.2, -0.15) is 12.8 Å². The zero-order valence-corrected chi connectivity index (χ0v) is 11.8. The van der Waals surface area contributed by atoms with Crippen molar-refractivity contribution in [1.29, 1.82) is 0 Å². The van der Waals surface area contributed by atoms with Gasteiger partial charge in [-0.25, -0.2) is 4.98 Å². The topological polar surface area (TPSA) is 67.3 Å². The Kier molecular flexibility index (Phi) is 3.54. The summed E-state index contributed by atoms with van der Waals surface area (Å²) in [5, 5.41) is -1.41. The second kappa shape index (κ2) is 4.68. The lowest BCUT2D eigenvalue weighted by Gasteiger charge is -2.14. The Labute approximate surface area is 116 Å². The average Bonchev–Trinajstić information content (AvgIpc) is 2.64. The van der Waals surface area contributed by atoms with Crippen LogP contribution >= 0.6 is 22.6 Å². The van der Waals surface area contributed by atoms with E-state index >= 15 is 0 Å². The molecule has 1 saturated heterocycles. The third-order valence-electron chi connectivity index (χ3n) is 2.55. The van der Waals surface area contributed by atoms with E-state index in [2.05, 4.69) is 4.98 Å². The number of hydrogen-bond donors (Lipinski definition) is 0. The number of anilines is 1. The SMILES string of the molecule is O=C1CC(S(=O)(=O)F)CN1c1ccc(I)c(F)n1. The van der Waals surface area contributed by atoms with Gasteiger partial charge in [-0.1, -0.05) is 0 Å². The number of rotatable bonds is 2. The summed E-state index contributed by atoms with van der Waals surface area (Å²) >= 11 is 1.73. The zero-order chi connectivity index (χ0) is 13.5. The van der Waals surface area contributed by atoms with Crippen molar-refractivity contribution in [2.24, 2.45) is 0 Å². The van der Waals surface area contributed by atoms with E-state index in [4.69, 9.17) is 0 Å². The maximum Gasteiger partial charge on any atom is 0.307 e. The highest BCUT2D eigenvalue weighted by molar-refractivity contribution is 14.1. The van der Waals surface area contributed by atoms with E-state index < -0.39 is 33.7 Å². The van der Waals surface area contributed by atoms with Gasteiger partial charge in [0.1, 0.15) is 11.1 Å². The lowest BCUT2D eigenvalue weighted by atomic mass is 10.4. The van der Waals surface area contributed by atoms with Crippen LogP contribution in [0.1, 0.15) is 6.42 Å². The van der Waals surface area contributed by atoms with E-state index in [0.717, 1.165) is 4.90 Å². The molecule has 1 atom stereocenters. The van der Waals surface area contributed by atoms with Crippen molar-refractivity contribution in [2.75, 3.05) is 11.4 Å². The maximum atomic E-state index is 13.2. The van der Waals surface area contributed by atoms with Gasteiger partial charge in [0, 0.05) is 13.0 Å². The quantitative estimate of drug-likeness (QED) is 0.434. The summed E-state index contributed by atoms with van der Waals surface area (Å²) in [5.41, 5.74) is 0. The van der Waals surface area contributed by atoms with E-state index in [0.29, 0.717) is 0 Å². The fraction of sp³-hybridized carbons (Fsp3) is 0.333. The molecule has 2 rings (SSSR count). The molecule has 0 spiro atoms. The summed E-state index contributed by atoms with van der Waals surface area (Å²) in [6, 6.07) is 2.79. The standard InChI is InChI=1S/C9H7F2IN2O3S/c10-9-6(12)1-2-7(13-9)14-4-5(3-8(14)15)18(11,16)17/h1-2,5H,3-4H2. The molecule has 18 heavy (non-hydrogen) atoms. The third-order valence-corrected chi connectivity index (χ3v) is 4.47. The Morgan fingerprint density at radius 1 is 1.44 bits per heavy atom. The molecule has 1 aromatic rings. The average molecular weight is 388 g/mol. The number of nitrogens with zero attached hydrogens (tertiary/aromatic N) is 2. The minimum atomic E-state index is -4.78. The predicted octanol–water partition coefficient (Wildman–Crippen LogP) is 1.23. The first-order valence-electron chi connectivity index (χ1n) is 4.85. The van der Waals surface area contributed by atoms with E-state index in [1.165, 1.54) is 12.1 Å². The number of aromatic nitrogens is 1. The highest BCUT2D eigenvalue weighted by atomic mass is 127. The van der Waals surface area contributed by atoms with Crippen molar-refractivity contribution in [3.63, 3.8) is 0 Å². The van der Waals surface area contributed by atoms with Gasteiger partial charge in [-0.15, -0.1) is 3.89 Å². The van der Waals surface area contributed by atoms with Crippen LogP contribution in [-0.2, 0) is 15.0 Å². The number of pyridine rings is 1. The van der Waals surface area contributed by atoms with Crippen LogP contribution in [0.15, 0.2) is 12.1 Å². The fourth-order valence-electron chi connectivity index (χ4n) is 1.64. The minimum absolute atomic E-state index is 0.0101. The molecule has 0 aromatic carbocycles. The van der Waals surface area contributed by atoms with Gasteiger partial charge in [0.25, 0.3) is 0 Å². The number of halogens is 3. The normalized spacial score (nSPS) is 20.5. The molecule has 0 saturated carbocycles. The van der Waals surface area contributed by atoms with E-state index in [1.54, 1.807) is 22.6 Å². The molecule has 2 heterocycles. The van der Waals surface area contributed by atoms with Gasteiger partial charge in [-0.3, -0.25) is 9.69 Å². The molecule has 1 unspecified atom stereocenters. The summed E-state index contributed by atoms with van der Waals surface area (Å²) in [6.07, 6.45) is -0.450. The van der Waals surface area contributed by atoms with Gasteiger partial charge in [0.05, 0.1) is 3.57 Å². The molecule has 1 fully saturated rings. The summed E-state index contributed by atoms with van der Waals surface area (Å²) in [5.74, 6) is -1.36. The third kappa shape index (κ3) is 2.60. The molecular formula is C9H7F2IN2O3S. The molecule has 0 aliphatic carbocycles. The highest BCUT2D eigenvalue weighted by Crippen LogP contribution is 2.25. The summed E-state index contributed by atoms with van der Waals surface area (Å²) in [4.78, 5) is 16.1. The van der Waals surface area contributed by atoms with Crippen LogP contribution in [0.2, 0.25) is 0 Å². The second-order valence-electron chi connectivity index (χ2n) is 3.75. The number of carbonyl (C=O) groups excluding carboxylic acids is 1. The van der Waals surface area contributed by atoms with Crippen molar-refractivity contribution >= 4 is 44.5 Å². The Balaban J connectivity index is 2.30. The lowest BCUT2D eigenvalue weighted by Crippen LogP contribution is -2.28. The number of carbonyl (C=O) groups is 1. The van der Waals surface area contributed by atoms with E-state index in [9.17, 15) is 21.5 Å². The summed E-state index contributed by atoms with van der Waals surface area (Å²) in [7, 11) is -4.78. The minimum Gasteiger partial charge on any atom is -0.295 e. The molecule has 1 aliphatic rings. The Hall–Kier alpha value is -0.840. The molecule has 1 amide bonds. The van der Waals surface area contributed by atoms with Gasteiger partial charge in [-0.05, 0) is 34.7 Å². The van der Waals surface area contributed by atoms with Crippen molar-refractivity contribution in [1.82, 2.24) is 4.98 Å². The molecule has 0 bridgehead atoms. The van der Waals surface area contributed by atoms with Crippen molar-refractivity contribution in [3.8, 4) is 0 Å². The number of amides is 1. The molecule has 1 aliphatic heterocycles. The molecule has 1 aromatic heterocycles. The summed E-state index contributed by atoms with van der Waals surface area (Å²) in [6.45, 7) is -0.343. The number of hydrogen-bond acceptors (Lipinski definition) is 4. The molecule has 0 radical (unpaired) electrons. The van der Waals surface area contributed by atoms with Gasteiger partial charge < -0.3 is 0 Å². The Morgan fingerprint density at radius 2 is 2.11 bits per heavy atom. The van der Waals surface area contributed by atoms with Gasteiger partial charge in [0.2, 0.25) is 11.9 Å². The van der Waals surface area contributed by atoms with Crippen molar-refractivity contribution in [2.45, 2.75) is 11.7 Å². The lowest BCUT2D eigenvalue weighted by molar-refractivity contribution is -0.117. The van der Waals surface area contributed by atoms with Crippen LogP contribution < -0.4 is 4.90 Å². The molecule has 0 N–H and O–H groups in total. The van der Waals surface area contributed by atoms with Crippen LogP contribution in [-0.4, -0.2) is 31.1 Å². The Morgan fingerprint density at radius 3 is 2.61 bits per heavy atom. The largest absolute Gasteiger partial charge is 0.307 e. The Bertz CT molecular complexity index is 608. The first-order chi connectivity index (χ1) is 8.29. The van der Waals surface area contributed by atoms with Crippen LogP contribution in [0.25, 0.3) is 0 Å².